The van der Waals surface area contributed by atoms with Gasteiger partial charge >= 0.3 is 6.03 Å². The second kappa shape index (κ2) is 7.24. The number of nitrogens with zero attached hydrogens (tertiary/aromatic N) is 2. The molecule has 1 aromatic carbocycles. The Morgan fingerprint density at radius 1 is 1.08 bits per heavy atom. The molecule has 1 aromatic rings. The van der Waals surface area contributed by atoms with Crippen LogP contribution in [0.3, 0.4) is 0 Å². The maximum absolute atomic E-state index is 12.4. The number of carbonyl (C=O) groups excluding carboxylic acids is 2. The van der Waals surface area contributed by atoms with Crippen molar-refractivity contribution in [3.63, 3.8) is 0 Å². The zero-order valence-electron chi connectivity index (χ0n) is 14.7. The van der Waals surface area contributed by atoms with Gasteiger partial charge in [-0.25, -0.2) is 4.79 Å². The van der Waals surface area contributed by atoms with E-state index in [1.165, 1.54) is 24.0 Å². The van der Waals surface area contributed by atoms with Crippen LogP contribution in [0.2, 0.25) is 0 Å². The van der Waals surface area contributed by atoms with Gasteiger partial charge < -0.3 is 15.1 Å². The Bertz CT molecular complexity index is 621. The summed E-state index contributed by atoms with van der Waals surface area (Å²) in [6, 6.07) is 5.96. The molecule has 0 bridgehead atoms. The fourth-order valence-corrected chi connectivity index (χ4v) is 3.49. The average Bonchev–Trinajstić information content (AvgIpc) is 2.77. The molecule has 2 saturated heterocycles. The minimum absolute atomic E-state index is 0.0170. The number of hydrogen-bond donors (Lipinski definition) is 1. The van der Waals surface area contributed by atoms with E-state index in [9.17, 15) is 9.59 Å². The number of likely N-dealkylation sites (tertiary alicyclic amines) is 1. The molecule has 1 unspecified atom stereocenters. The molecule has 0 radical (unpaired) electrons. The fourth-order valence-electron chi connectivity index (χ4n) is 3.49. The van der Waals surface area contributed by atoms with Gasteiger partial charge in [0.05, 0.1) is 6.04 Å². The third kappa shape index (κ3) is 3.71. The molecular weight excluding hydrogens is 302 g/mol. The van der Waals surface area contributed by atoms with E-state index in [-0.39, 0.29) is 18.0 Å². The van der Waals surface area contributed by atoms with Gasteiger partial charge in [0, 0.05) is 31.7 Å². The van der Waals surface area contributed by atoms with E-state index in [2.05, 4.69) is 19.2 Å². The van der Waals surface area contributed by atoms with Crippen molar-refractivity contribution in [2.45, 2.75) is 52.0 Å². The standard InChI is InChI=1S/C19H27N3O2/c1-14-7-8-17(11-15(14)2)22-13-16(12-18(22)23)20-19(24)21-9-5-3-4-6-10-21/h7-8,11,16H,3-6,9-10,12-13H2,1-2H3,(H,20,24). The highest BCUT2D eigenvalue weighted by Gasteiger charge is 2.32. The summed E-state index contributed by atoms with van der Waals surface area (Å²) in [5.74, 6) is 0.0828. The van der Waals surface area contributed by atoms with Gasteiger partial charge in [-0.3, -0.25) is 4.79 Å². The number of carbonyl (C=O) groups is 2. The molecule has 0 aromatic heterocycles. The van der Waals surface area contributed by atoms with Gasteiger partial charge in [-0.1, -0.05) is 18.9 Å². The number of anilines is 1. The predicted molar refractivity (Wildman–Crippen MR) is 95.2 cm³/mol. The monoisotopic (exact) mass is 329 g/mol. The third-order valence-electron chi connectivity index (χ3n) is 5.15. The molecule has 2 aliphatic heterocycles. The fraction of sp³-hybridized carbons (Fsp3) is 0.579. The van der Waals surface area contributed by atoms with Crippen LogP contribution in [0, 0.1) is 13.8 Å². The van der Waals surface area contributed by atoms with Crippen LogP contribution in [0.5, 0.6) is 0 Å². The lowest BCUT2D eigenvalue weighted by Crippen LogP contribution is -2.46. The van der Waals surface area contributed by atoms with Crippen LogP contribution in [-0.4, -0.2) is 42.5 Å². The number of hydrogen-bond acceptors (Lipinski definition) is 2. The molecule has 2 aliphatic rings. The zero-order valence-corrected chi connectivity index (χ0v) is 14.7. The summed E-state index contributed by atoms with van der Waals surface area (Å²) in [6.07, 6.45) is 4.93. The van der Waals surface area contributed by atoms with Gasteiger partial charge in [0.2, 0.25) is 5.91 Å². The molecule has 0 saturated carbocycles. The summed E-state index contributed by atoms with van der Waals surface area (Å²) in [6.45, 7) is 6.33. The van der Waals surface area contributed by atoms with Gasteiger partial charge in [0.1, 0.15) is 0 Å². The minimum atomic E-state index is -0.102. The molecule has 5 nitrogen and oxygen atoms in total. The number of aryl methyl sites for hydroxylation is 2. The van der Waals surface area contributed by atoms with Crippen molar-refractivity contribution >= 4 is 17.6 Å². The smallest absolute Gasteiger partial charge is 0.317 e. The van der Waals surface area contributed by atoms with Crippen LogP contribution in [0.4, 0.5) is 10.5 Å². The first-order valence-electron chi connectivity index (χ1n) is 8.97. The topological polar surface area (TPSA) is 52.7 Å². The number of nitrogens with one attached hydrogen (secondary N) is 1. The van der Waals surface area contributed by atoms with Crippen molar-refractivity contribution in [1.29, 1.82) is 0 Å². The van der Waals surface area contributed by atoms with E-state index < -0.39 is 0 Å². The Hall–Kier alpha value is -2.04. The highest BCUT2D eigenvalue weighted by atomic mass is 16.2. The number of benzene rings is 1. The maximum Gasteiger partial charge on any atom is 0.317 e. The molecule has 3 rings (SSSR count). The van der Waals surface area contributed by atoms with Crippen molar-refractivity contribution < 1.29 is 9.59 Å². The van der Waals surface area contributed by atoms with E-state index in [0.29, 0.717) is 13.0 Å². The van der Waals surface area contributed by atoms with Crippen molar-refractivity contribution in [2.24, 2.45) is 0 Å². The molecule has 1 N–H and O–H groups in total. The molecule has 2 fully saturated rings. The van der Waals surface area contributed by atoms with Crippen LogP contribution in [-0.2, 0) is 4.79 Å². The van der Waals surface area contributed by atoms with Crippen molar-refractivity contribution in [1.82, 2.24) is 10.2 Å². The average molecular weight is 329 g/mol. The van der Waals surface area contributed by atoms with Gasteiger partial charge in [-0.2, -0.15) is 0 Å². The second-order valence-corrected chi connectivity index (χ2v) is 7.02. The Labute approximate surface area is 144 Å². The molecule has 0 spiro atoms. The summed E-state index contributed by atoms with van der Waals surface area (Å²) in [5, 5.41) is 3.06. The van der Waals surface area contributed by atoms with Crippen LogP contribution in [0.25, 0.3) is 0 Å². The molecule has 5 heteroatoms. The Morgan fingerprint density at radius 3 is 2.46 bits per heavy atom. The van der Waals surface area contributed by atoms with Crippen molar-refractivity contribution in [3.05, 3.63) is 29.3 Å². The largest absolute Gasteiger partial charge is 0.333 e. The predicted octanol–water partition coefficient (Wildman–Crippen LogP) is 2.99. The molecular formula is C19H27N3O2. The van der Waals surface area contributed by atoms with E-state index >= 15 is 0 Å². The Kier molecular flexibility index (Phi) is 5.07. The lowest BCUT2D eigenvalue weighted by atomic mass is 10.1. The lowest BCUT2D eigenvalue weighted by Gasteiger charge is -2.23. The van der Waals surface area contributed by atoms with Gasteiger partial charge in [0.25, 0.3) is 0 Å². The molecule has 2 heterocycles. The molecule has 0 aliphatic carbocycles. The van der Waals surface area contributed by atoms with E-state index in [1.807, 2.05) is 23.1 Å². The third-order valence-corrected chi connectivity index (χ3v) is 5.15. The highest BCUT2D eigenvalue weighted by molar-refractivity contribution is 5.96. The quantitative estimate of drug-likeness (QED) is 0.907. The second-order valence-electron chi connectivity index (χ2n) is 7.02. The Balaban J connectivity index is 1.61. The van der Waals surface area contributed by atoms with Crippen molar-refractivity contribution in [2.75, 3.05) is 24.5 Å². The molecule has 1 atom stereocenters. The van der Waals surface area contributed by atoms with Crippen LogP contribution < -0.4 is 10.2 Å². The van der Waals surface area contributed by atoms with E-state index in [4.69, 9.17) is 0 Å². The minimum Gasteiger partial charge on any atom is -0.333 e. The lowest BCUT2D eigenvalue weighted by molar-refractivity contribution is -0.117. The first kappa shape index (κ1) is 16.8. The summed E-state index contributed by atoms with van der Waals surface area (Å²) in [4.78, 5) is 28.5. The molecule has 130 valence electrons. The van der Waals surface area contributed by atoms with Crippen LogP contribution in [0.1, 0.15) is 43.2 Å². The van der Waals surface area contributed by atoms with Crippen LogP contribution >= 0.6 is 0 Å². The van der Waals surface area contributed by atoms with Gasteiger partial charge in [-0.15, -0.1) is 0 Å². The Morgan fingerprint density at radius 2 is 1.79 bits per heavy atom. The van der Waals surface area contributed by atoms with Crippen molar-refractivity contribution in [3.8, 4) is 0 Å². The zero-order chi connectivity index (χ0) is 17.1. The molecule has 24 heavy (non-hydrogen) atoms. The maximum atomic E-state index is 12.4. The van der Waals surface area contributed by atoms with Gasteiger partial charge in [-0.05, 0) is 49.9 Å². The highest BCUT2D eigenvalue weighted by Crippen LogP contribution is 2.24. The SMILES string of the molecule is Cc1ccc(N2CC(NC(=O)N3CCCCCC3)CC2=O)cc1C. The normalized spacial score (nSPS) is 21.8. The number of amides is 3. The molecule has 3 amide bonds. The first-order valence-corrected chi connectivity index (χ1v) is 8.97. The van der Waals surface area contributed by atoms with Gasteiger partial charge in [0.15, 0.2) is 0 Å². The van der Waals surface area contributed by atoms with Crippen LogP contribution in [0.15, 0.2) is 18.2 Å². The number of urea groups is 1. The van der Waals surface area contributed by atoms with E-state index in [1.54, 1.807) is 4.90 Å². The summed E-state index contributed by atoms with van der Waals surface area (Å²) in [5.41, 5.74) is 3.32. The first-order chi connectivity index (χ1) is 11.5. The summed E-state index contributed by atoms with van der Waals surface area (Å²) in [7, 11) is 0. The summed E-state index contributed by atoms with van der Waals surface area (Å²) < 4.78 is 0. The van der Waals surface area contributed by atoms with E-state index in [0.717, 1.165) is 31.6 Å². The number of rotatable bonds is 2. The summed E-state index contributed by atoms with van der Waals surface area (Å²) >= 11 is 0.